The van der Waals surface area contributed by atoms with E-state index in [-0.39, 0.29) is 5.69 Å². The maximum atomic E-state index is 10.9. The van der Waals surface area contributed by atoms with Gasteiger partial charge in [0.05, 0.1) is 10.4 Å². The topological polar surface area (TPSA) is 94.1 Å². The van der Waals surface area contributed by atoms with Gasteiger partial charge in [0, 0.05) is 40.8 Å². The largest absolute Gasteiger partial charge is 0.398 e. The molecule has 0 aliphatic rings. The number of fused-ring (bicyclic) bond motifs is 1. The van der Waals surface area contributed by atoms with Crippen molar-refractivity contribution < 1.29 is 4.92 Å². The highest BCUT2D eigenvalue weighted by atomic mass is 16.6. The zero-order valence-corrected chi connectivity index (χ0v) is 11.0. The van der Waals surface area contributed by atoms with Crippen molar-refractivity contribution in [2.45, 2.75) is 0 Å². The molecule has 3 N–H and O–H groups in total. The van der Waals surface area contributed by atoms with Gasteiger partial charge in [-0.1, -0.05) is 6.07 Å². The summed E-state index contributed by atoms with van der Waals surface area (Å²) in [5.41, 5.74) is 8.23. The lowest BCUT2D eigenvalue weighted by Crippen LogP contribution is -1.96. The number of non-ortho nitro benzene ring substituents is 1. The Labute approximate surface area is 120 Å². The van der Waals surface area contributed by atoms with Gasteiger partial charge in [-0.3, -0.25) is 15.1 Å². The molecule has 21 heavy (non-hydrogen) atoms. The molecule has 3 aromatic rings. The minimum Gasteiger partial charge on any atom is -0.398 e. The van der Waals surface area contributed by atoms with Crippen LogP contribution in [0.1, 0.15) is 0 Å². The third-order valence-corrected chi connectivity index (χ3v) is 3.08. The number of aromatic nitrogens is 1. The second-order valence-electron chi connectivity index (χ2n) is 4.57. The molecule has 6 heteroatoms. The first kappa shape index (κ1) is 12.9. The number of benzene rings is 2. The monoisotopic (exact) mass is 280 g/mol. The van der Waals surface area contributed by atoms with Crippen LogP contribution in [-0.4, -0.2) is 9.91 Å². The van der Waals surface area contributed by atoms with E-state index < -0.39 is 4.92 Å². The molecule has 1 heterocycles. The molecule has 0 aliphatic carbocycles. The van der Waals surface area contributed by atoms with Crippen LogP contribution in [0, 0.1) is 10.1 Å². The summed E-state index contributed by atoms with van der Waals surface area (Å²) >= 11 is 0. The van der Waals surface area contributed by atoms with Gasteiger partial charge in [-0.2, -0.15) is 0 Å². The number of nitro groups is 1. The van der Waals surface area contributed by atoms with Gasteiger partial charge in [0.2, 0.25) is 0 Å². The van der Waals surface area contributed by atoms with E-state index in [1.165, 1.54) is 12.1 Å². The van der Waals surface area contributed by atoms with Crippen molar-refractivity contribution in [3.63, 3.8) is 0 Å². The summed E-state index contributed by atoms with van der Waals surface area (Å²) in [4.78, 5) is 14.7. The van der Waals surface area contributed by atoms with E-state index in [9.17, 15) is 10.1 Å². The van der Waals surface area contributed by atoms with Crippen LogP contribution in [0.5, 0.6) is 0 Å². The maximum Gasteiger partial charge on any atom is 0.273 e. The lowest BCUT2D eigenvalue weighted by atomic mass is 10.1. The Kier molecular flexibility index (Phi) is 3.12. The van der Waals surface area contributed by atoms with Crippen LogP contribution in [-0.2, 0) is 0 Å². The van der Waals surface area contributed by atoms with Crippen molar-refractivity contribution in [2.24, 2.45) is 0 Å². The Morgan fingerprint density at radius 1 is 1.14 bits per heavy atom. The SMILES string of the molecule is Nc1cc(Nc2cccc3ncccc23)cc([N+](=O)[O-])c1. The van der Waals surface area contributed by atoms with Crippen LogP contribution < -0.4 is 11.1 Å². The molecular weight excluding hydrogens is 268 g/mol. The number of nitrogens with zero attached hydrogens (tertiary/aromatic N) is 2. The molecular formula is C15H12N4O2. The molecule has 0 amide bonds. The maximum absolute atomic E-state index is 10.9. The number of nitrogens with one attached hydrogen (secondary N) is 1. The van der Waals surface area contributed by atoms with Crippen LogP contribution in [0.3, 0.4) is 0 Å². The normalized spacial score (nSPS) is 10.5. The minimum atomic E-state index is -0.466. The van der Waals surface area contributed by atoms with Gasteiger partial charge in [0.25, 0.3) is 5.69 Å². The fourth-order valence-corrected chi connectivity index (χ4v) is 2.18. The van der Waals surface area contributed by atoms with Crippen molar-refractivity contribution in [2.75, 3.05) is 11.1 Å². The summed E-state index contributed by atoms with van der Waals surface area (Å²) in [5.74, 6) is 0. The van der Waals surface area contributed by atoms with E-state index in [0.717, 1.165) is 16.6 Å². The highest BCUT2D eigenvalue weighted by Gasteiger charge is 2.09. The number of hydrogen-bond donors (Lipinski definition) is 2. The minimum absolute atomic E-state index is 0.0455. The molecule has 6 nitrogen and oxygen atoms in total. The van der Waals surface area contributed by atoms with Crippen molar-refractivity contribution in [1.29, 1.82) is 0 Å². The summed E-state index contributed by atoms with van der Waals surface area (Å²) < 4.78 is 0. The van der Waals surface area contributed by atoms with Crippen LogP contribution in [0.4, 0.5) is 22.7 Å². The van der Waals surface area contributed by atoms with Crippen LogP contribution in [0.25, 0.3) is 10.9 Å². The Balaban J connectivity index is 2.05. The third kappa shape index (κ3) is 2.59. The Bertz CT molecular complexity index is 828. The zero-order valence-electron chi connectivity index (χ0n) is 11.0. The van der Waals surface area contributed by atoms with Gasteiger partial charge in [0.15, 0.2) is 0 Å². The predicted molar refractivity (Wildman–Crippen MR) is 82.5 cm³/mol. The summed E-state index contributed by atoms with van der Waals surface area (Å²) in [7, 11) is 0. The quantitative estimate of drug-likeness (QED) is 0.435. The van der Waals surface area contributed by atoms with Gasteiger partial charge < -0.3 is 11.1 Å². The molecule has 0 fully saturated rings. The summed E-state index contributed by atoms with van der Waals surface area (Å²) in [6.07, 6.45) is 1.72. The van der Waals surface area contributed by atoms with Crippen molar-refractivity contribution in [3.05, 3.63) is 64.8 Å². The molecule has 104 valence electrons. The summed E-state index contributed by atoms with van der Waals surface area (Å²) in [6.45, 7) is 0. The lowest BCUT2D eigenvalue weighted by molar-refractivity contribution is -0.384. The first-order valence-electron chi connectivity index (χ1n) is 6.29. The van der Waals surface area contributed by atoms with Crippen molar-refractivity contribution in [3.8, 4) is 0 Å². The van der Waals surface area contributed by atoms with E-state index >= 15 is 0 Å². The third-order valence-electron chi connectivity index (χ3n) is 3.08. The standard InChI is InChI=1S/C15H12N4O2/c16-10-7-11(9-12(8-10)19(20)21)18-15-5-1-4-14-13(15)3-2-6-17-14/h1-9,18H,16H2. The van der Waals surface area contributed by atoms with Crippen molar-refractivity contribution >= 4 is 33.7 Å². The smallest absolute Gasteiger partial charge is 0.273 e. The number of nitrogens with two attached hydrogens (primary N) is 1. The molecule has 0 aliphatic heterocycles. The molecule has 1 aromatic heterocycles. The van der Waals surface area contributed by atoms with E-state index in [1.807, 2.05) is 30.3 Å². The molecule has 2 aromatic carbocycles. The van der Waals surface area contributed by atoms with Gasteiger partial charge in [-0.15, -0.1) is 0 Å². The summed E-state index contributed by atoms with van der Waals surface area (Å²) in [6, 6.07) is 13.9. The predicted octanol–water partition coefficient (Wildman–Crippen LogP) is 3.47. The van der Waals surface area contributed by atoms with Gasteiger partial charge >= 0.3 is 0 Å². The van der Waals surface area contributed by atoms with Crippen LogP contribution in [0.2, 0.25) is 0 Å². The number of hydrogen-bond acceptors (Lipinski definition) is 5. The molecule has 0 saturated carbocycles. The number of nitro benzene ring substituents is 1. The Morgan fingerprint density at radius 2 is 2.00 bits per heavy atom. The molecule has 3 rings (SSSR count). The van der Waals surface area contributed by atoms with Crippen LogP contribution >= 0.6 is 0 Å². The van der Waals surface area contributed by atoms with E-state index in [0.29, 0.717) is 11.4 Å². The molecule has 0 atom stereocenters. The van der Waals surface area contributed by atoms with Gasteiger partial charge in [0.1, 0.15) is 0 Å². The van der Waals surface area contributed by atoms with E-state index in [4.69, 9.17) is 5.73 Å². The second kappa shape index (κ2) is 5.09. The number of rotatable bonds is 3. The van der Waals surface area contributed by atoms with E-state index in [1.54, 1.807) is 12.3 Å². The van der Waals surface area contributed by atoms with Gasteiger partial charge in [-0.25, -0.2) is 0 Å². The molecule has 0 radical (unpaired) electrons. The number of nitrogen functional groups attached to an aromatic ring is 1. The number of anilines is 3. The average molecular weight is 280 g/mol. The first-order valence-corrected chi connectivity index (χ1v) is 6.29. The Hall–Kier alpha value is -3.15. The van der Waals surface area contributed by atoms with E-state index in [2.05, 4.69) is 10.3 Å². The molecule has 0 saturated heterocycles. The first-order chi connectivity index (χ1) is 10.1. The fraction of sp³-hybridized carbons (Fsp3) is 0. The summed E-state index contributed by atoms with van der Waals surface area (Å²) in [5, 5.41) is 15.0. The molecule has 0 unspecified atom stereocenters. The fourth-order valence-electron chi connectivity index (χ4n) is 2.18. The lowest BCUT2D eigenvalue weighted by Gasteiger charge is -2.10. The van der Waals surface area contributed by atoms with Crippen LogP contribution in [0.15, 0.2) is 54.7 Å². The highest BCUT2D eigenvalue weighted by molar-refractivity contribution is 5.93. The molecule has 0 spiro atoms. The Morgan fingerprint density at radius 3 is 2.81 bits per heavy atom. The average Bonchev–Trinajstić information content (AvgIpc) is 2.47. The van der Waals surface area contributed by atoms with Crippen molar-refractivity contribution in [1.82, 2.24) is 4.98 Å². The highest BCUT2D eigenvalue weighted by Crippen LogP contribution is 2.28. The van der Waals surface area contributed by atoms with Gasteiger partial charge in [-0.05, 0) is 30.3 Å². The second-order valence-corrected chi connectivity index (χ2v) is 4.57. The molecule has 0 bridgehead atoms. The number of pyridine rings is 1. The zero-order chi connectivity index (χ0) is 14.8.